The molecule has 1 nitrogen and oxygen atoms in total. The molecule has 0 amide bonds. The molecule has 0 heterocycles. The summed E-state index contributed by atoms with van der Waals surface area (Å²) in [5, 5.41) is 6.72. The molecule has 0 spiro atoms. The van der Waals surface area contributed by atoms with Crippen molar-refractivity contribution in [2.24, 2.45) is 5.92 Å². The Hall–Kier alpha value is -0.540. The van der Waals surface area contributed by atoms with Gasteiger partial charge in [0.25, 0.3) is 0 Å². The lowest BCUT2D eigenvalue weighted by Gasteiger charge is -2.14. The average molecular weight is 167 g/mol. The second-order valence-corrected chi connectivity index (χ2v) is 2.60. The van der Waals surface area contributed by atoms with Gasteiger partial charge < -0.3 is 5.41 Å². The first-order chi connectivity index (χ1) is 4.89. The molecule has 1 atom stereocenters. The maximum Gasteiger partial charge on any atom is 0.429 e. The van der Waals surface area contributed by atoms with Crippen LogP contribution < -0.4 is 0 Å². The molecule has 11 heavy (non-hydrogen) atoms. The Bertz CT molecular complexity index is 139. The molecule has 0 radical (unpaired) electrons. The van der Waals surface area contributed by atoms with E-state index in [-0.39, 0.29) is 0 Å². The van der Waals surface area contributed by atoms with Gasteiger partial charge in [0.2, 0.25) is 0 Å². The topological polar surface area (TPSA) is 23.9 Å². The second-order valence-electron chi connectivity index (χ2n) is 2.60. The predicted octanol–water partition coefficient (Wildman–Crippen LogP) is 3.00. The van der Waals surface area contributed by atoms with Crippen LogP contribution in [0.4, 0.5) is 13.2 Å². The van der Waals surface area contributed by atoms with E-state index in [0.717, 1.165) is 0 Å². The van der Waals surface area contributed by atoms with Crippen molar-refractivity contribution in [3.8, 4) is 0 Å². The van der Waals surface area contributed by atoms with E-state index in [1.54, 1.807) is 6.92 Å². The highest BCUT2D eigenvalue weighted by Gasteiger charge is 2.36. The van der Waals surface area contributed by atoms with Gasteiger partial charge in [-0.25, -0.2) is 0 Å². The van der Waals surface area contributed by atoms with Crippen molar-refractivity contribution in [2.45, 2.75) is 32.9 Å². The minimum atomic E-state index is -4.44. The number of rotatable bonds is 3. The van der Waals surface area contributed by atoms with Crippen molar-refractivity contribution >= 4 is 5.71 Å². The molecule has 1 unspecified atom stereocenters. The summed E-state index contributed by atoms with van der Waals surface area (Å²) in [5.41, 5.74) is -1.11. The first-order valence-electron chi connectivity index (χ1n) is 3.55. The molecule has 0 aromatic carbocycles. The fourth-order valence-electron chi connectivity index (χ4n) is 0.857. The zero-order valence-electron chi connectivity index (χ0n) is 6.63. The zero-order chi connectivity index (χ0) is 9.07. The van der Waals surface area contributed by atoms with Gasteiger partial charge in [-0.15, -0.1) is 0 Å². The fourth-order valence-corrected chi connectivity index (χ4v) is 0.857. The minimum absolute atomic E-state index is 0.429. The lowest BCUT2D eigenvalue weighted by Crippen LogP contribution is -2.28. The summed E-state index contributed by atoms with van der Waals surface area (Å²) >= 11 is 0. The molecule has 1 N–H and O–H groups in total. The summed E-state index contributed by atoms with van der Waals surface area (Å²) in [7, 11) is 0. The van der Waals surface area contributed by atoms with Gasteiger partial charge in [-0.1, -0.05) is 20.3 Å². The number of nitrogens with one attached hydrogen (secondary N) is 1. The molecule has 0 fully saturated rings. The zero-order valence-corrected chi connectivity index (χ0v) is 6.63. The summed E-state index contributed by atoms with van der Waals surface area (Å²) < 4.78 is 35.4. The van der Waals surface area contributed by atoms with Crippen LogP contribution in [0.3, 0.4) is 0 Å². The molecule has 0 aliphatic carbocycles. The van der Waals surface area contributed by atoms with Crippen LogP contribution in [0.2, 0.25) is 0 Å². The van der Waals surface area contributed by atoms with E-state index in [4.69, 9.17) is 5.41 Å². The number of halogens is 3. The van der Waals surface area contributed by atoms with Crippen molar-refractivity contribution in [3.63, 3.8) is 0 Å². The summed E-state index contributed by atoms with van der Waals surface area (Å²) in [4.78, 5) is 0. The lowest BCUT2D eigenvalue weighted by molar-refractivity contribution is -0.0635. The summed E-state index contributed by atoms with van der Waals surface area (Å²) in [6.07, 6.45) is -3.33. The Morgan fingerprint density at radius 3 is 2.18 bits per heavy atom. The second kappa shape index (κ2) is 3.74. The molecular weight excluding hydrogens is 155 g/mol. The molecule has 0 saturated heterocycles. The van der Waals surface area contributed by atoms with Crippen molar-refractivity contribution in [1.29, 1.82) is 5.41 Å². The van der Waals surface area contributed by atoms with Crippen LogP contribution in [-0.2, 0) is 0 Å². The average Bonchev–Trinajstić information content (AvgIpc) is 1.85. The Morgan fingerprint density at radius 2 is 1.91 bits per heavy atom. The van der Waals surface area contributed by atoms with Gasteiger partial charge in [-0.2, -0.15) is 13.2 Å². The van der Waals surface area contributed by atoms with E-state index in [2.05, 4.69) is 0 Å². The van der Waals surface area contributed by atoms with Gasteiger partial charge in [0.15, 0.2) is 0 Å². The minimum Gasteiger partial charge on any atom is -0.300 e. The summed E-state index contributed by atoms with van der Waals surface area (Å²) in [6, 6.07) is 0. The predicted molar refractivity (Wildman–Crippen MR) is 37.9 cm³/mol. The van der Waals surface area contributed by atoms with Crippen molar-refractivity contribution in [2.75, 3.05) is 0 Å². The summed E-state index contributed by atoms with van der Waals surface area (Å²) in [6.45, 7) is 3.24. The van der Waals surface area contributed by atoms with Crippen LogP contribution >= 0.6 is 0 Å². The third-order valence-corrected chi connectivity index (χ3v) is 1.52. The van der Waals surface area contributed by atoms with Gasteiger partial charge in [-0.3, -0.25) is 0 Å². The molecule has 0 aliphatic heterocycles. The van der Waals surface area contributed by atoms with Crippen LogP contribution in [0.1, 0.15) is 26.7 Å². The molecule has 0 saturated carbocycles. The van der Waals surface area contributed by atoms with Gasteiger partial charge >= 0.3 is 6.18 Å². The van der Waals surface area contributed by atoms with Crippen LogP contribution in [-0.4, -0.2) is 11.9 Å². The third kappa shape index (κ3) is 3.39. The maximum absolute atomic E-state index is 11.8. The molecule has 66 valence electrons. The molecule has 0 rings (SSSR count). The first kappa shape index (κ1) is 10.5. The van der Waals surface area contributed by atoms with E-state index >= 15 is 0 Å². The lowest BCUT2D eigenvalue weighted by atomic mass is 10.0. The van der Waals surface area contributed by atoms with E-state index in [1.165, 1.54) is 6.92 Å². The van der Waals surface area contributed by atoms with Crippen LogP contribution in [0.25, 0.3) is 0 Å². The third-order valence-electron chi connectivity index (χ3n) is 1.52. The van der Waals surface area contributed by atoms with E-state index in [9.17, 15) is 13.2 Å². The molecule has 0 aliphatic rings. The first-order valence-corrected chi connectivity index (χ1v) is 3.55. The van der Waals surface area contributed by atoms with Gasteiger partial charge in [0, 0.05) is 5.92 Å². The molecule has 4 heteroatoms. The van der Waals surface area contributed by atoms with E-state index in [0.29, 0.717) is 12.8 Å². The molecule has 0 aromatic heterocycles. The van der Waals surface area contributed by atoms with E-state index < -0.39 is 17.8 Å². The van der Waals surface area contributed by atoms with Gasteiger partial charge in [-0.05, 0) is 6.42 Å². The van der Waals surface area contributed by atoms with Crippen molar-refractivity contribution < 1.29 is 13.2 Å². The highest BCUT2D eigenvalue weighted by Crippen LogP contribution is 2.23. The fraction of sp³-hybridized carbons (Fsp3) is 0.857. The van der Waals surface area contributed by atoms with Crippen molar-refractivity contribution in [1.82, 2.24) is 0 Å². The SMILES string of the molecule is CCCC(C)C(=N)C(F)(F)F. The Balaban J connectivity index is 4.03. The van der Waals surface area contributed by atoms with Gasteiger partial charge in [0.05, 0.1) is 0 Å². The molecule has 0 bridgehead atoms. The van der Waals surface area contributed by atoms with Crippen LogP contribution in [0.5, 0.6) is 0 Å². The number of hydrogen-bond donors (Lipinski definition) is 1. The highest BCUT2D eigenvalue weighted by molar-refractivity contribution is 5.88. The normalized spacial score (nSPS) is 14.6. The van der Waals surface area contributed by atoms with E-state index in [1.807, 2.05) is 0 Å². The number of hydrogen-bond acceptors (Lipinski definition) is 1. The van der Waals surface area contributed by atoms with Crippen molar-refractivity contribution in [3.05, 3.63) is 0 Å². The Labute approximate surface area is 64.1 Å². The highest BCUT2D eigenvalue weighted by atomic mass is 19.4. The smallest absolute Gasteiger partial charge is 0.300 e. The van der Waals surface area contributed by atoms with Gasteiger partial charge in [0.1, 0.15) is 5.71 Å². The Morgan fingerprint density at radius 1 is 1.45 bits per heavy atom. The quantitative estimate of drug-likeness (QED) is 0.625. The Kier molecular flexibility index (Phi) is 3.55. The van der Waals surface area contributed by atoms with Crippen LogP contribution in [0, 0.1) is 11.3 Å². The monoisotopic (exact) mass is 167 g/mol. The number of alkyl halides is 3. The largest absolute Gasteiger partial charge is 0.429 e. The maximum atomic E-state index is 11.8. The standard InChI is InChI=1S/C7H12F3N/c1-3-4-5(2)6(11)7(8,9)10/h5,11H,3-4H2,1-2H3. The summed E-state index contributed by atoms with van der Waals surface area (Å²) in [5.74, 6) is -0.667. The molecule has 0 aromatic rings. The molecular formula is C7H12F3N. The van der Waals surface area contributed by atoms with Crippen LogP contribution in [0.15, 0.2) is 0 Å².